The summed E-state index contributed by atoms with van der Waals surface area (Å²) in [5, 5.41) is 0. The zero-order valence-corrected chi connectivity index (χ0v) is 17.3. The Balaban J connectivity index is 11.4. The van der Waals surface area contributed by atoms with Crippen molar-refractivity contribution in [2.45, 2.75) is 180 Å². The van der Waals surface area contributed by atoms with Gasteiger partial charge in [0.25, 0.3) is 0 Å². The monoisotopic (exact) mass is 552 g/mol. The van der Waals surface area contributed by atoms with Gasteiger partial charge < -0.3 is 0 Å². The molecule has 33 heavy (non-hydrogen) atoms. The summed E-state index contributed by atoms with van der Waals surface area (Å²) < 4.78 is 579. The molecular formula is C32H68P+. The molecular weight excluding hydrogens is 415 g/mol. The first-order valence-corrected chi connectivity index (χ1v) is 9.68. The normalized spacial score (nSPS) is 56.2. The van der Waals surface area contributed by atoms with Gasteiger partial charge in [0.05, 0.1) is 35.4 Å². The topological polar surface area (TPSA) is 0 Å². The van der Waals surface area contributed by atoms with Gasteiger partial charge in [-0.15, -0.1) is 0 Å². The molecule has 0 nitrogen and oxygen atoms in total. The van der Waals surface area contributed by atoms with Crippen LogP contribution in [0.4, 0.5) is 0 Å². The zero-order valence-electron chi connectivity index (χ0n) is 84.4. The third-order valence-electron chi connectivity index (χ3n) is 2.14. The molecule has 0 fully saturated rings. The van der Waals surface area contributed by atoms with Gasteiger partial charge in [0, 0.05) is 89.5 Å². The van der Waals surface area contributed by atoms with Crippen molar-refractivity contribution >= 4 is 7.26 Å². The van der Waals surface area contributed by atoms with Crippen molar-refractivity contribution in [3.63, 3.8) is 0 Å². The molecule has 0 heterocycles. The van der Waals surface area contributed by atoms with E-state index in [2.05, 4.69) is 0 Å². The largest absolute Gasteiger partial charge is 0.0708 e. The lowest BCUT2D eigenvalue weighted by Gasteiger charge is -2.28. The Bertz CT molecular complexity index is 2790. The summed E-state index contributed by atoms with van der Waals surface area (Å²) in [6.45, 7) is -18.9. The minimum atomic E-state index is -10.1. The second-order valence-electron chi connectivity index (χ2n) is 4.12. The van der Waals surface area contributed by atoms with Crippen LogP contribution in [0.3, 0.4) is 0 Å². The Hall–Kier alpha value is 0.430. The summed E-state index contributed by atoms with van der Waals surface area (Å²) in [5.74, 6) is 0. The molecule has 0 N–H and O–H groups in total. The van der Waals surface area contributed by atoms with E-state index in [9.17, 15) is 13.7 Å². The van der Waals surface area contributed by atoms with E-state index in [0.717, 1.165) is 0 Å². The second kappa shape index (κ2) is 27.0. The van der Waals surface area contributed by atoms with Crippen LogP contribution in [0.2, 0.25) is 0 Å². The van der Waals surface area contributed by atoms with Gasteiger partial charge >= 0.3 is 0 Å². The lowest BCUT2D eigenvalue weighted by molar-refractivity contribution is 0.548. The molecule has 0 aromatic rings. The van der Waals surface area contributed by atoms with E-state index in [4.69, 9.17) is 79.5 Å². The first-order chi connectivity index (χ1) is 42.0. The first kappa shape index (κ1) is 3.49. The number of hydrogen-bond donors (Lipinski definition) is 0. The molecule has 200 valence electrons. The van der Waals surface area contributed by atoms with Crippen molar-refractivity contribution in [2.75, 3.05) is 24.5 Å². The highest BCUT2D eigenvalue weighted by molar-refractivity contribution is 7.75. The lowest BCUT2D eigenvalue weighted by Crippen LogP contribution is -2.13. The van der Waals surface area contributed by atoms with Gasteiger partial charge in [-0.2, -0.15) is 0 Å². The van der Waals surface area contributed by atoms with Crippen LogP contribution in [0, 0.1) is 0 Å². The zero-order chi connectivity index (χ0) is 84.5. The smallest absolute Gasteiger partial charge is 0.0654 e. The lowest BCUT2D eigenvalue weighted by atomic mass is 10.1. The van der Waals surface area contributed by atoms with E-state index in [1.54, 1.807) is 0 Å². The molecule has 0 amide bonds. The maximum Gasteiger partial charge on any atom is 0.0708 e. The Morgan fingerprint density at radius 2 is 0.545 bits per heavy atom. The fraction of sp³-hybridized carbons (Fsp3) is 1.00. The standard InChI is InChI=1S/C32H68P/c1-5-9-13-17-18-19-20-21-22-23-24-28-32-33(29-25-14-10-6-2,30-26-15-11-7-3)31-27-16-12-8-4/h5-32H2,1-4H3/q+1/i1D3,2D3,3D3,4D3,5D2,6D2,7D2,8D2,9D2,10D2,11D2,12D2,13D2,14D2,15D2,16D2,17D2,18D2,19D2,20D2,21D2,22D2,23D2,24D2,25D2,26D2,27D2,28D2,29D2,30D2,31D2,32D2. The van der Waals surface area contributed by atoms with Gasteiger partial charge in [-0.1, -0.05) is 129 Å². The van der Waals surface area contributed by atoms with Crippen molar-refractivity contribution in [1.29, 1.82) is 0 Å². The van der Waals surface area contributed by atoms with E-state index < -0.39 is 212 Å². The maximum atomic E-state index is 9.65. The van der Waals surface area contributed by atoms with Crippen LogP contribution in [0.25, 0.3) is 0 Å². The molecule has 0 spiro atoms. The van der Waals surface area contributed by atoms with Gasteiger partial charge in [-0.3, -0.25) is 0 Å². The van der Waals surface area contributed by atoms with Gasteiger partial charge in [-0.25, -0.2) is 0 Å². The van der Waals surface area contributed by atoms with Gasteiger partial charge in [0.2, 0.25) is 0 Å². The average Bonchev–Trinajstić information content (AvgIpc) is 0.633. The number of rotatable bonds is 28. The molecule has 1 heteroatoms. The molecule has 0 saturated carbocycles. The van der Waals surface area contributed by atoms with E-state index in [1.807, 2.05) is 0 Å². The molecule has 0 aromatic carbocycles. The SMILES string of the molecule is [2H]C([2H])([2H])C([2H])([2H])C([2H])([2H])C([2H])([2H])C([2H])([2H])C([2H])([2H])C([2H])([2H])C([2H])([2H])C([2H])([2H])C([2H])([2H])C([2H])([2H])C([2H])([2H])C([2H])([2H])C([2H])([2H])[P+](C([2H])([2H])C([2H])([2H])C([2H])([2H])C([2H])([2H])C([2H])([2H])C([2H])([2H])[2H])(C([2H])([2H])C([2H])([2H])C([2H])([2H])C([2H])([2H])C([2H])([2H])C([2H])([2H])[2H])C([2H])([2H])C([2H])([2H])C([2H])([2H])C([2H])([2H])C([2H])([2H])C([2H])([2H])[2H]. The molecule has 0 aliphatic heterocycles. The summed E-state index contributed by atoms with van der Waals surface area (Å²) in [6, 6.07) is 0. The summed E-state index contributed by atoms with van der Waals surface area (Å²) in [7, 11) is -10.1. The highest BCUT2D eigenvalue weighted by Crippen LogP contribution is 2.61. The Morgan fingerprint density at radius 1 is 0.333 bits per heavy atom. The Kier molecular flexibility index (Phi) is 2.85. The van der Waals surface area contributed by atoms with Crippen molar-refractivity contribution in [3.8, 4) is 0 Å². The van der Waals surface area contributed by atoms with Crippen LogP contribution >= 0.6 is 7.26 Å². The number of hydrogen-bond acceptors (Lipinski definition) is 0. The van der Waals surface area contributed by atoms with Crippen molar-refractivity contribution in [1.82, 2.24) is 0 Å². The fourth-order valence-corrected chi connectivity index (χ4v) is 2.34. The van der Waals surface area contributed by atoms with Crippen LogP contribution in [-0.4, -0.2) is 24.5 Å². The minimum Gasteiger partial charge on any atom is -0.0654 e. The molecule has 0 unspecified atom stereocenters. The Labute approximate surface area is 309 Å². The predicted molar refractivity (Wildman–Crippen MR) is 160 cm³/mol. The Morgan fingerprint density at radius 3 is 0.818 bits per heavy atom. The summed E-state index contributed by atoms with van der Waals surface area (Å²) >= 11 is 0. The maximum absolute atomic E-state index is 10.1. The van der Waals surface area contributed by atoms with Gasteiger partial charge in [0.1, 0.15) is 0 Å². The second-order valence-corrected chi connectivity index (χ2v) is 6.35. The highest BCUT2D eigenvalue weighted by Gasteiger charge is 2.34. The highest BCUT2D eigenvalue weighted by atomic mass is 31.2. The molecule has 0 aliphatic rings. The molecule has 0 atom stereocenters. The van der Waals surface area contributed by atoms with E-state index >= 15 is 0 Å². The van der Waals surface area contributed by atoms with Crippen LogP contribution in [0.15, 0.2) is 0 Å². The fourth-order valence-electron chi connectivity index (χ4n) is 1.11. The quantitative estimate of drug-likeness (QED) is 0.0848. The molecule has 0 bridgehead atoms. The summed E-state index contributed by atoms with van der Waals surface area (Å²) in [5.41, 5.74) is 0. The third kappa shape index (κ3) is 22.6. The summed E-state index contributed by atoms with van der Waals surface area (Å²) in [6.07, 6.45) is -169. The van der Waals surface area contributed by atoms with Crippen molar-refractivity contribution < 1.29 is 93.2 Å². The van der Waals surface area contributed by atoms with E-state index in [0.29, 0.717) is 0 Å². The first-order valence-electron chi connectivity index (χ1n) is 41.9. The van der Waals surface area contributed by atoms with E-state index in [-0.39, 0.29) is 0 Å². The molecule has 0 aliphatic carbocycles. The molecule has 0 radical (unpaired) electrons. The minimum absolute atomic E-state index is 4.43. The van der Waals surface area contributed by atoms with Crippen LogP contribution in [0.1, 0.15) is 274 Å². The van der Waals surface area contributed by atoms with Crippen molar-refractivity contribution in [2.24, 2.45) is 0 Å². The van der Waals surface area contributed by atoms with Crippen LogP contribution in [-0.2, 0) is 0 Å². The predicted octanol–water partition coefficient (Wildman–Crippen LogP) is 12.4. The van der Waals surface area contributed by atoms with Crippen LogP contribution in [0.5, 0.6) is 0 Å². The van der Waals surface area contributed by atoms with Gasteiger partial charge in [-0.05, 0) is 51.0 Å². The summed E-state index contributed by atoms with van der Waals surface area (Å²) in [4.78, 5) is 0. The third-order valence-corrected chi connectivity index (χ3v) is 3.93. The molecule has 0 rings (SSSR count). The average molecular weight is 552 g/mol. The molecule has 0 aromatic heterocycles. The molecule has 0 saturated heterocycles. The van der Waals surface area contributed by atoms with E-state index in [1.165, 1.54) is 0 Å². The van der Waals surface area contributed by atoms with Gasteiger partial charge in [0.15, 0.2) is 0 Å². The van der Waals surface area contributed by atoms with Crippen LogP contribution < -0.4 is 0 Å². The van der Waals surface area contributed by atoms with Crippen molar-refractivity contribution in [3.05, 3.63) is 0 Å².